The third-order valence-corrected chi connectivity index (χ3v) is 6.67. The highest BCUT2D eigenvalue weighted by Gasteiger charge is 2.42. The zero-order chi connectivity index (χ0) is 22.7. The molecule has 32 heavy (non-hydrogen) atoms. The fraction of sp³-hybridized carbons (Fsp3) is 0.400. The van der Waals surface area contributed by atoms with Gasteiger partial charge in [0.25, 0.3) is 0 Å². The van der Waals surface area contributed by atoms with Gasteiger partial charge in [0.2, 0.25) is 5.91 Å². The van der Waals surface area contributed by atoms with Crippen molar-refractivity contribution in [2.24, 2.45) is 5.92 Å². The number of nitrogens with one attached hydrogen (secondary N) is 2. The molecule has 2 aliphatic rings. The molecule has 1 saturated carbocycles. The number of alkyl carbamates (subject to hydrolysis) is 1. The van der Waals surface area contributed by atoms with Crippen LogP contribution in [0.1, 0.15) is 49.7 Å². The summed E-state index contributed by atoms with van der Waals surface area (Å²) in [5.41, 5.74) is 3.80. The van der Waals surface area contributed by atoms with E-state index in [4.69, 9.17) is 9.84 Å². The topological polar surface area (TPSA) is 105 Å². The van der Waals surface area contributed by atoms with E-state index >= 15 is 0 Å². The average Bonchev–Trinajstić information content (AvgIpc) is 3.10. The predicted octanol–water partition coefficient (Wildman–Crippen LogP) is 3.67. The third-order valence-electron chi connectivity index (χ3n) is 6.67. The Morgan fingerprint density at radius 1 is 1.03 bits per heavy atom. The number of carbonyl (C=O) groups is 3. The summed E-state index contributed by atoms with van der Waals surface area (Å²) >= 11 is 0. The number of carbonyl (C=O) groups excluding carboxylic acids is 2. The van der Waals surface area contributed by atoms with Gasteiger partial charge in [0.15, 0.2) is 0 Å². The average molecular weight is 437 g/mol. The second-order valence-electron chi connectivity index (χ2n) is 8.78. The number of amides is 2. The molecular formula is C25H28N2O5. The van der Waals surface area contributed by atoms with Gasteiger partial charge in [0, 0.05) is 5.92 Å². The van der Waals surface area contributed by atoms with Crippen LogP contribution in [-0.2, 0) is 14.3 Å². The summed E-state index contributed by atoms with van der Waals surface area (Å²) in [4.78, 5) is 36.2. The van der Waals surface area contributed by atoms with Crippen molar-refractivity contribution in [3.05, 3.63) is 59.7 Å². The Kier molecular flexibility index (Phi) is 6.17. The monoisotopic (exact) mass is 436 g/mol. The first-order valence-corrected chi connectivity index (χ1v) is 11.0. The molecule has 7 heteroatoms. The molecule has 2 unspecified atom stereocenters. The van der Waals surface area contributed by atoms with Crippen molar-refractivity contribution in [3.63, 3.8) is 0 Å². The molecular weight excluding hydrogens is 408 g/mol. The van der Waals surface area contributed by atoms with E-state index in [2.05, 4.69) is 34.9 Å². The van der Waals surface area contributed by atoms with E-state index in [0.29, 0.717) is 12.8 Å². The van der Waals surface area contributed by atoms with Crippen molar-refractivity contribution in [1.82, 2.24) is 10.6 Å². The Labute approximate surface area is 187 Å². The highest BCUT2D eigenvalue weighted by Crippen LogP contribution is 2.44. The molecule has 2 amide bonds. The number of carboxylic acid groups (broad SMARTS) is 1. The predicted molar refractivity (Wildman–Crippen MR) is 119 cm³/mol. The maximum absolute atomic E-state index is 12.8. The Balaban J connectivity index is 1.43. The van der Waals surface area contributed by atoms with Gasteiger partial charge in [0.1, 0.15) is 13.2 Å². The normalized spacial score (nSPS) is 21.8. The van der Waals surface area contributed by atoms with Crippen LogP contribution in [0.15, 0.2) is 48.5 Å². The number of hydrogen-bond acceptors (Lipinski definition) is 4. The van der Waals surface area contributed by atoms with Gasteiger partial charge in [-0.1, -0.05) is 61.4 Å². The van der Waals surface area contributed by atoms with E-state index < -0.39 is 30.1 Å². The summed E-state index contributed by atoms with van der Waals surface area (Å²) in [5, 5.41) is 14.2. The van der Waals surface area contributed by atoms with Gasteiger partial charge in [0.05, 0.1) is 11.5 Å². The maximum atomic E-state index is 12.8. The third kappa shape index (κ3) is 4.33. The van der Waals surface area contributed by atoms with Crippen molar-refractivity contribution in [1.29, 1.82) is 0 Å². The standard InChI is InChI=1S/C25H28N2O5/c1-25(13-7-6-12-21(25)23(30)26-14-22(28)29)27-24(31)32-15-20-18-10-4-2-8-16(18)17-9-3-5-11-19(17)20/h2-5,8-11,20-21H,6-7,12-15H2,1H3,(H,26,30)(H,27,31)(H,28,29). The molecule has 0 radical (unpaired) electrons. The van der Waals surface area contributed by atoms with Crippen molar-refractivity contribution in [3.8, 4) is 11.1 Å². The lowest BCUT2D eigenvalue weighted by Gasteiger charge is -2.40. The second-order valence-corrected chi connectivity index (χ2v) is 8.78. The molecule has 2 aromatic rings. The zero-order valence-corrected chi connectivity index (χ0v) is 18.1. The number of hydrogen-bond donors (Lipinski definition) is 3. The highest BCUT2D eigenvalue weighted by atomic mass is 16.5. The van der Waals surface area contributed by atoms with E-state index in [0.717, 1.165) is 35.1 Å². The van der Waals surface area contributed by atoms with Gasteiger partial charge in [-0.05, 0) is 42.0 Å². The minimum Gasteiger partial charge on any atom is -0.480 e. The Morgan fingerprint density at radius 2 is 1.66 bits per heavy atom. The molecule has 0 aromatic heterocycles. The van der Waals surface area contributed by atoms with E-state index in [1.54, 1.807) is 0 Å². The summed E-state index contributed by atoms with van der Waals surface area (Å²) < 4.78 is 5.66. The van der Waals surface area contributed by atoms with Crippen LogP contribution in [0, 0.1) is 5.92 Å². The quantitative estimate of drug-likeness (QED) is 0.641. The summed E-state index contributed by atoms with van der Waals surface area (Å²) in [6.07, 6.45) is 2.39. The summed E-state index contributed by atoms with van der Waals surface area (Å²) in [6.45, 7) is 1.60. The Bertz CT molecular complexity index is 991. The van der Waals surface area contributed by atoms with Crippen LogP contribution in [0.25, 0.3) is 11.1 Å². The first-order valence-electron chi connectivity index (χ1n) is 11.0. The SMILES string of the molecule is CC1(NC(=O)OCC2c3ccccc3-c3ccccc32)CCCCC1C(=O)NCC(=O)O. The lowest BCUT2D eigenvalue weighted by molar-refractivity contribution is -0.139. The minimum atomic E-state index is -1.10. The molecule has 0 bridgehead atoms. The lowest BCUT2D eigenvalue weighted by Crippen LogP contribution is -2.57. The van der Waals surface area contributed by atoms with Gasteiger partial charge in [-0.15, -0.1) is 0 Å². The maximum Gasteiger partial charge on any atom is 0.407 e. The number of benzene rings is 2. The largest absolute Gasteiger partial charge is 0.480 e. The Morgan fingerprint density at radius 3 is 2.28 bits per heavy atom. The van der Waals surface area contributed by atoms with Crippen LogP contribution in [0.3, 0.4) is 0 Å². The van der Waals surface area contributed by atoms with Gasteiger partial charge < -0.3 is 20.5 Å². The number of fused-ring (bicyclic) bond motifs is 3. The molecule has 4 rings (SSSR count). The molecule has 2 aliphatic carbocycles. The number of carboxylic acids is 1. The van der Waals surface area contributed by atoms with E-state index in [9.17, 15) is 14.4 Å². The first kappa shape index (κ1) is 21.9. The fourth-order valence-corrected chi connectivity index (χ4v) is 5.06. The molecule has 168 valence electrons. The molecule has 0 saturated heterocycles. The van der Waals surface area contributed by atoms with E-state index in [1.807, 2.05) is 31.2 Å². The van der Waals surface area contributed by atoms with Crippen LogP contribution < -0.4 is 10.6 Å². The van der Waals surface area contributed by atoms with Crippen molar-refractivity contribution < 1.29 is 24.2 Å². The van der Waals surface area contributed by atoms with Crippen LogP contribution in [0.2, 0.25) is 0 Å². The molecule has 0 aliphatic heterocycles. The van der Waals surface area contributed by atoms with Gasteiger partial charge in [-0.3, -0.25) is 9.59 Å². The molecule has 3 N–H and O–H groups in total. The number of rotatable bonds is 6. The second kappa shape index (κ2) is 9.02. The first-order chi connectivity index (χ1) is 15.4. The summed E-state index contributed by atoms with van der Waals surface area (Å²) in [7, 11) is 0. The Hall–Kier alpha value is -3.35. The van der Waals surface area contributed by atoms with E-state index in [-0.39, 0.29) is 18.4 Å². The van der Waals surface area contributed by atoms with Crippen LogP contribution in [-0.4, -0.2) is 41.8 Å². The van der Waals surface area contributed by atoms with Crippen LogP contribution in [0.4, 0.5) is 4.79 Å². The summed E-state index contributed by atoms with van der Waals surface area (Å²) in [6, 6.07) is 16.3. The molecule has 2 atom stereocenters. The zero-order valence-electron chi connectivity index (χ0n) is 18.1. The lowest BCUT2D eigenvalue weighted by atomic mass is 9.73. The highest BCUT2D eigenvalue weighted by molar-refractivity contribution is 5.85. The molecule has 2 aromatic carbocycles. The number of aliphatic carboxylic acids is 1. The van der Waals surface area contributed by atoms with Crippen molar-refractivity contribution in [2.75, 3.05) is 13.2 Å². The van der Waals surface area contributed by atoms with Gasteiger partial charge in [-0.25, -0.2) is 4.79 Å². The molecule has 1 fully saturated rings. The molecule has 0 heterocycles. The van der Waals surface area contributed by atoms with Crippen molar-refractivity contribution in [2.45, 2.75) is 44.1 Å². The van der Waals surface area contributed by atoms with Gasteiger partial charge in [-0.2, -0.15) is 0 Å². The van der Waals surface area contributed by atoms with E-state index in [1.165, 1.54) is 0 Å². The number of ether oxygens (including phenoxy) is 1. The summed E-state index contributed by atoms with van der Waals surface area (Å²) in [5.74, 6) is -1.99. The fourth-order valence-electron chi connectivity index (χ4n) is 5.06. The molecule has 7 nitrogen and oxygen atoms in total. The van der Waals surface area contributed by atoms with Crippen molar-refractivity contribution >= 4 is 18.0 Å². The molecule has 0 spiro atoms. The smallest absolute Gasteiger partial charge is 0.407 e. The van der Waals surface area contributed by atoms with Gasteiger partial charge >= 0.3 is 12.1 Å². The van der Waals surface area contributed by atoms with Crippen LogP contribution >= 0.6 is 0 Å². The van der Waals surface area contributed by atoms with Crippen LogP contribution in [0.5, 0.6) is 0 Å². The minimum absolute atomic E-state index is 0.0398.